The van der Waals surface area contributed by atoms with Gasteiger partial charge >= 0.3 is 0 Å². The van der Waals surface area contributed by atoms with Gasteiger partial charge in [-0.2, -0.15) is 5.26 Å². The molecule has 0 saturated heterocycles. The van der Waals surface area contributed by atoms with Crippen molar-refractivity contribution in [1.29, 1.82) is 5.26 Å². The number of aryl methyl sites for hydroxylation is 1. The maximum atomic E-state index is 13.9. The van der Waals surface area contributed by atoms with Crippen molar-refractivity contribution in [3.63, 3.8) is 0 Å². The summed E-state index contributed by atoms with van der Waals surface area (Å²) in [6.45, 7) is 1.75. The smallest absolute Gasteiger partial charge is 0.216 e. The van der Waals surface area contributed by atoms with Gasteiger partial charge < -0.3 is 4.74 Å². The molecule has 0 saturated carbocycles. The maximum absolute atomic E-state index is 13.9. The number of nitrogens with zero attached hydrogens (tertiary/aromatic N) is 1. The van der Waals surface area contributed by atoms with Gasteiger partial charge in [-0.25, -0.2) is 12.8 Å². The Bertz CT molecular complexity index is 1230. The summed E-state index contributed by atoms with van der Waals surface area (Å²) in [4.78, 5) is -0.344. The summed E-state index contributed by atoms with van der Waals surface area (Å²) in [5.41, 5.74) is 1.59. The van der Waals surface area contributed by atoms with Gasteiger partial charge in [0.1, 0.15) is 29.1 Å². The minimum atomic E-state index is -3.95. The van der Waals surface area contributed by atoms with Crippen LogP contribution in [0.25, 0.3) is 6.08 Å². The van der Waals surface area contributed by atoms with Gasteiger partial charge in [-0.1, -0.05) is 47.5 Å². The summed E-state index contributed by atoms with van der Waals surface area (Å²) in [5, 5.41) is 9.69. The monoisotopic (exact) mass is 441 g/mol. The van der Waals surface area contributed by atoms with Gasteiger partial charge in [0.05, 0.1) is 9.92 Å². The maximum Gasteiger partial charge on any atom is 0.216 e. The first-order chi connectivity index (χ1) is 14.3. The number of hydrogen-bond acceptors (Lipinski definition) is 4. The van der Waals surface area contributed by atoms with Crippen LogP contribution in [0.15, 0.2) is 76.5 Å². The number of benzene rings is 3. The van der Waals surface area contributed by atoms with E-state index in [0.717, 1.165) is 5.56 Å². The second kappa shape index (κ2) is 9.12. The molecule has 0 amide bonds. The highest BCUT2D eigenvalue weighted by Gasteiger charge is 2.20. The van der Waals surface area contributed by atoms with E-state index in [1.54, 1.807) is 48.5 Å². The molecular formula is C23H17ClFNO3S. The number of ether oxygens (including phenoxy) is 1. The molecule has 0 spiro atoms. The number of halogens is 2. The molecule has 0 atom stereocenters. The fraction of sp³-hybridized carbons (Fsp3) is 0.0870. The summed E-state index contributed by atoms with van der Waals surface area (Å²) < 4.78 is 45.0. The van der Waals surface area contributed by atoms with Crippen molar-refractivity contribution < 1.29 is 17.5 Å². The molecule has 7 heteroatoms. The molecule has 30 heavy (non-hydrogen) atoms. The molecule has 0 radical (unpaired) electrons. The fourth-order valence-electron chi connectivity index (χ4n) is 2.69. The lowest BCUT2D eigenvalue weighted by Crippen LogP contribution is -2.03. The van der Waals surface area contributed by atoms with Gasteiger partial charge in [-0.15, -0.1) is 0 Å². The zero-order valence-electron chi connectivity index (χ0n) is 16.0. The Balaban J connectivity index is 1.86. The van der Waals surface area contributed by atoms with Crippen LogP contribution in [-0.4, -0.2) is 8.42 Å². The van der Waals surface area contributed by atoms with Crippen LogP contribution in [0.5, 0.6) is 5.75 Å². The predicted octanol–water partition coefficient (Wildman–Crippen LogP) is 5.70. The van der Waals surface area contributed by atoms with E-state index in [9.17, 15) is 18.1 Å². The van der Waals surface area contributed by atoms with Crippen molar-refractivity contribution >= 4 is 27.5 Å². The first-order valence-corrected chi connectivity index (χ1v) is 10.8. The zero-order chi connectivity index (χ0) is 21.7. The highest BCUT2D eigenvalue weighted by molar-refractivity contribution is 7.95. The van der Waals surface area contributed by atoms with Crippen LogP contribution in [0.3, 0.4) is 0 Å². The van der Waals surface area contributed by atoms with Gasteiger partial charge in [-0.05, 0) is 55.0 Å². The highest BCUT2D eigenvalue weighted by Crippen LogP contribution is 2.25. The molecular weight excluding hydrogens is 425 g/mol. The third-order valence-electron chi connectivity index (χ3n) is 4.33. The van der Waals surface area contributed by atoms with Crippen molar-refractivity contribution in [2.45, 2.75) is 18.4 Å². The molecule has 0 heterocycles. The molecule has 0 bridgehead atoms. The van der Waals surface area contributed by atoms with E-state index in [2.05, 4.69) is 0 Å². The second-order valence-corrected chi connectivity index (χ2v) is 8.82. The third-order valence-corrected chi connectivity index (χ3v) is 6.37. The summed E-state index contributed by atoms with van der Waals surface area (Å²) in [7, 11) is -3.95. The van der Waals surface area contributed by atoms with E-state index < -0.39 is 15.7 Å². The predicted molar refractivity (Wildman–Crippen MR) is 114 cm³/mol. The van der Waals surface area contributed by atoms with E-state index in [4.69, 9.17) is 16.3 Å². The molecule has 0 aromatic heterocycles. The molecule has 4 nitrogen and oxygen atoms in total. The average molecular weight is 442 g/mol. The summed E-state index contributed by atoms with van der Waals surface area (Å²) in [6, 6.07) is 18.9. The van der Waals surface area contributed by atoms with Crippen LogP contribution in [0.4, 0.5) is 4.39 Å². The number of nitriles is 1. The Morgan fingerprint density at radius 3 is 2.50 bits per heavy atom. The van der Waals surface area contributed by atoms with Crippen LogP contribution in [-0.2, 0) is 16.4 Å². The van der Waals surface area contributed by atoms with Crippen LogP contribution < -0.4 is 4.74 Å². The number of sulfone groups is 1. The molecule has 152 valence electrons. The Morgan fingerprint density at radius 1 is 1.13 bits per heavy atom. The van der Waals surface area contributed by atoms with Gasteiger partial charge in [0.25, 0.3) is 0 Å². The number of allylic oxidation sites excluding steroid dienone is 1. The summed E-state index contributed by atoms with van der Waals surface area (Å²) in [6.07, 6.45) is 1.28. The number of rotatable bonds is 6. The summed E-state index contributed by atoms with van der Waals surface area (Å²) >= 11 is 6.00. The van der Waals surface area contributed by atoms with Crippen molar-refractivity contribution in [1.82, 2.24) is 0 Å². The zero-order valence-corrected chi connectivity index (χ0v) is 17.5. The minimum Gasteiger partial charge on any atom is -0.489 e. The highest BCUT2D eigenvalue weighted by atomic mass is 35.5. The van der Waals surface area contributed by atoms with E-state index in [1.807, 2.05) is 6.92 Å². The first-order valence-electron chi connectivity index (χ1n) is 8.90. The first kappa shape index (κ1) is 21.6. The van der Waals surface area contributed by atoms with Gasteiger partial charge in [-0.3, -0.25) is 0 Å². The van der Waals surface area contributed by atoms with Crippen molar-refractivity contribution in [2.75, 3.05) is 0 Å². The van der Waals surface area contributed by atoms with Gasteiger partial charge in [0, 0.05) is 5.56 Å². The topological polar surface area (TPSA) is 67.2 Å². The standard InChI is InChI=1S/C23H17ClFNO3S/c1-16-8-10-19(11-9-16)30(27,28)20(14-26)13-17-4-2-5-18(12-17)29-15-21-22(24)6-3-7-23(21)25/h2-13H,15H2,1H3. The Kier molecular flexibility index (Phi) is 6.56. The van der Waals surface area contributed by atoms with E-state index in [0.29, 0.717) is 11.3 Å². The molecule has 3 aromatic rings. The van der Waals surface area contributed by atoms with E-state index in [1.165, 1.54) is 30.3 Å². The van der Waals surface area contributed by atoms with Crippen LogP contribution >= 0.6 is 11.6 Å². The van der Waals surface area contributed by atoms with Crippen LogP contribution in [0, 0.1) is 24.1 Å². The quantitative estimate of drug-likeness (QED) is 0.460. The van der Waals surface area contributed by atoms with Crippen LogP contribution in [0.2, 0.25) is 5.02 Å². The Labute approximate surface area is 179 Å². The molecule has 0 N–H and O–H groups in total. The lowest BCUT2D eigenvalue weighted by atomic mass is 10.2. The normalized spacial score (nSPS) is 11.7. The SMILES string of the molecule is Cc1ccc(S(=O)(=O)C(C#N)=Cc2cccc(OCc3c(F)cccc3Cl)c2)cc1. The second-order valence-electron chi connectivity index (χ2n) is 6.50. The lowest BCUT2D eigenvalue weighted by molar-refractivity contribution is 0.300. The molecule has 3 rings (SSSR count). The van der Waals surface area contributed by atoms with Crippen molar-refractivity contribution in [3.8, 4) is 11.8 Å². The van der Waals surface area contributed by atoms with Crippen molar-refractivity contribution in [2.24, 2.45) is 0 Å². The van der Waals surface area contributed by atoms with Gasteiger partial charge in [0.15, 0.2) is 0 Å². The molecule has 0 aliphatic rings. The van der Waals surface area contributed by atoms with Crippen LogP contribution in [0.1, 0.15) is 16.7 Å². The largest absolute Gasteiger partial charge is 0.489 e. The molecule has 3 aromatic carbocycles. The third kappa shape index (κ3) is 4.88. The van der Waals surface area contributed by atoms with E-state index >= 15 is 0 Å². The molecule has 0 fully saturated rings. The van der Waals surface area contributed by atoms with Gasteiger partial charge in [0.2, 0.25) is 9.84 Å². The molecule has 0 unspecified atom stereocenters. The van der Waals surface area contributed by atoms with Crippen molar-refractivity contribution in [3.05, 3.63) is 99.2 Å². The number of hydrogen-bond donors (Lipinski definition) is 0. The Hall–Kier alpha value is -3.14. The molecule has 0 aliphatic carbocycles. The molecule has 0 aliphatic heterocycles. The average Bonchev–Trinajstić information content (AvgIpc) is 2.72. The lowest BCUT2D eigenvalue weighted by Gasteiger charge is -2.09. The minimum absolute atomic E-state index is 0.0440. The summed E-state index contributed by atoms with van der Waals surface area (Å²) in [5.74, 6) is -0.0948. The Morgan fingerprint density at radius 2 is 1.83 bits per heavy atom. The fourth-order valence-corrected chi connectivity index (χ4v) is 4.06. The van der Waals surface area contributed by atoms with E-state index in [-0.39, 0.29) is 27.0 Å².